The number of pyridine rings is 1. The fourth-order valence-corrected chi connectivity index (χ4v) is 4.35. The minimum Gasteiger partial charge on any atom is -0.438 e. The summed E-state index contributed by atoms with van der Waals surface area (Å²) in [5, 5.41) is 17.5. The Morgan fingerprint density at radius 3 is 2.41 bits per heavy atom. The van der Waals surface area contributed by atoms with E-state index in [9.17, 15) is 0 Å². The first kappa shape index (κ1) is 24.0. The average molecular weight is 512 g/mol. The molecule has 0 bridgehead atoms. The van der Waals surface area contributed by atoms with E-state index < -0.39 is 0 Å². The lowest BCUT2D eigenvalue weighted by Gasteiger charge is -2.13. The molecule has 0 unspecified atom stereocenters. The molecule has 8 heteroatoms. The predicted molar refractivity (Wildman–Crippen MR) is 154 cm³/mol. The highest BCUT2D eigenvalue weighted by molar-refractivity contribution is 6.00. The van der Waals surface area contributed by atoms with Gasteiger partial charge in [0.2, 0.25) is 11.8 Å². The van der Waals surface area contributed by atoms with Crippen LogP contribution in [0.5, 0.6) is 11.6 Å². The van der Waals surface area contributed by atoms with Gasteiger partial charge >= 0.3 is 0 Å². The number of anilines is 3. The highest BCUT2D eigenvalue weighted by Gasteiger charge is 2.13. The second-order valence-corrected chi connectivity index (χ2v) is 8.94. The van der Waals surface area contributed by atoms with Crippen LogP contribution in [0.3, 0.4) is 0 Å². The van der Waals surface area contributed by atoms with Gasteiger partial charge in [0.15, 0.2) is 5.82 Å². The number of rotatable bonds is 7. The summed E-state index contributed by atoms with van der Waals surface area (Å²) < 4.78 is 6.14. The van der Waals surface area contributed by atoms with Gasteiger partial charge in [-0.2, -0.15) is 0 Å². The molecule has 3 aromatic carbocycles. The van der Waals surface area contributed by atoms with Crippen LogP contribution in [0.4, 0.5) is 17.5 Å². The van der Waals surface area contributed by atoms with Gasteiger partial charge in [-0.15, -0.1) is 10.2 Å². The Kier molecular flexibility index (Phi) is 6.49. The number of benzene rings is 3. The molecule has 190 valence electrons. The van der Waals surface area contributed by atoms with Crippen molar-refractivity contribution < 1.29 is 4.74 Å². The summed E-state index contributed by atoms with van der Waals surface area (Å²) in [5.74, 6) is 2.32. The average Bonchev–Trinajstić information content (AvgIpc) is 2.98. The van der Waals surface area contributed by atoms with Crippen molar-refractivity contribution in [2.75, 3.05) is 17.7 Å². The zero-order valence-corrected chi connectivity index (χ0v) is 21.5. The summed E-state index contributed by atoms with van der Waals surface area (Å²) in [6, 6.07) is 29.7. The molecule has 3 aromatic heterocycles. The van der Waals surface area contributed by atoms with Crippen LogP contribution in [0.2, 0.25) is 0 Å². The standard InChI is InChI=1S/C31H25N7O/c1-20-7-5-8-21(19-20)28-24-9-3-4-10-25(24)29(38-37-28)35-22-12-14-23(15-13-22)39-30-26(11-6-17-33-30)27-16-18-34-31(32-2)36-27/h3-19H,1-2H3,(H,35,38)(H,32,34,36). The molecule has 0 atom stereocenters. The maximum absolute atomic E-state index is 6.14. The number of nitrogens with one attached hydrogen (secondary N) is 2. The summed E-state index contributed by atoms with van der Waals surface area (Å²) >= 11 is 0. The Morgan fingerprint density at radius 2 is 1.59 bits per heavy atom. The highest BCUT2D eigenvalue weighted by Crippen LogP contribution is 2.33. The van der Waals surface area contributed by atoms with Gasteiger partial charge in [-0.1, -0.05) is 48.0 Å². The first-order valence-electron chi connectivity index (χ1n) is 12.5. The van der Waals surface area contributed by atoms with Crippen molar-refractivity contribution in [1.82, 2.24) is 25.1 Å². The zero-order valence-electron chi connectivity index (χ0n) is 21.5. The van der Waals surface area contributed by atoms with Crippen LogP contribution in [-0.4, -0.2) is 32.2 Å². The molecule has 0 aliphatic carbocycles. The minimum absolute atomic E-state index is 0.461. The van der Waals surface area contributed by atoms with Crippen molar-refractivity contribution in [1.29, 1.82) is 0 Å². The number of ether oxygens (including phenoxy) is 1. The van der Waals surface area contributed by atoms with E-state index in [1.807, 2.05) is 60.7 Å². The van der Waals surface area contributed by atoms with Crippen molar-refractivity contribution in [2.45, 2.75) is 6.92 Å². The smallest absolute Gasteiger partial charge is 0.228 e. The lowest BCUT2D eigenvalue weighted by atomic mass is 10.0. The molecule has 0 radical (unpaired) electrons. The van der Waals surface area contributed by atoms with E-state index in [-0.39, 0.29) is 0 Å². The molecular weight excluding hydrogens is 486 g/mol. The number of aromatic nitrogens is 5. The predicted octanol–water partition coefficient (Wildman–Crippen LogP) is 7.03. The molecule has 0 aliphatic rings. The van der Waals surface area contributed by atoms with Gasteiger partial charge in [-0.25, -0.2) is 15.0 Å². The molecule has 0 amide bonds. The Balaban J connectivity index is 1.25. The van der Waals surface area contributed by atoms with E-state index in [4.69, 9.17) is 4.74 Å². The Hall–Kier alpha value is -5.37. The van der Waals surface area contributed by atoms with E-state index in [1.165, 1.54) is 5.56 Å². The molecule has 0 saturated heterocycles. The number of hydrogen-bond acceptors (Lipinski definition) is 8. The molecule has 0 saturated carbocycles. The van der Waals surface area contributed by atoms with Crippen LogP contribution in [0.1, 0.15) is 5.56 Å². The van der Waals surface area contributed by atoms with Crippen molar-refractivity contribution >= 4 is 28.2 Å². The quantitative estimate of drug-likeness (QED) is 0.236. The van der Waals surface area contributed by atoms with Crippen LogP contribution in [0, 0.1) is 6.92 Å². The molecule has 0 aliphatic heterocycles. The number of nitrogens with zero attached hydrogens (tertiary/aromatic N) is 5. The fourth-order valence-electron chi connectivity index (χ4n) is 4.35. The van der Waals surface area contributed by atoms with Crippen molar-refractivity contribution in [3.8, 4) is 34.1 Å². The Morgan fingerprint density at radius 1 is 0.744 bits per heavy atom. The number of aryl methyl sites for hydroxylation is 1. The second kappa shape index (κ2) is 10.5. The summed E-state index contributed by atoms with van der Waals surface area (Å²) in [7, 11) is 1.78. The van der Waals surface area contributed by atoms with Gasteiger partial charge in [0, 0.05) is 41.5 Å². The van der Waals surface area contributed by atoms with Crippen LogP contribution >= 0.6 is 0 Å². The minimum atomic E-state index is 0.461. The van der Waals surface area contributed by atoms with Crippen LogP contribution in [-0.2, 0) is 0 Å². The Bertz CT molecular complexity index is 1770. The van der Waals surface area contributed by atoms with Gasteiger partial charge < -0.3 is 15.4 Å². The molecular formula is C31H25N7O. The molecule has 3 heterocycles. The summed E-state index contributed by atoms with van der Waals surface area (Å²) in [6.45, 7) is 2.08. The number of fused-ring (bicyclic) bond motifs is 1. The second-order valence-electron chi connectivity index (χ2n) is 8.94. The van der Waals surface area contributed by atoms with Gasteiger partial charge in [0.1, 0.15) is 11.4 Å². The van der Waals surface area contributed by atoms with Crippen molar-refractivity contribution in [3.05, 3.63) is 109 Å². The third kappa shape index (κ3) is 5.08. The highest BCUT2D eigenvalue weighted by atomic mass is 16.5. The van der Waals surface area contributed by atoms with E-state index in [2.05, 4.69) is 73.0 Å². The van der Waals surface area contributed by atoms with Gasteiger partial charge in [-0.05, 0) is 55.5 Å². The first-order chi connectivity index (χ1) is 19.2. The zero-order chi connectivity index (χ0) is 26.6. The van der Waals surface area contributed by atoms with Crippen LogP contribution < -0.4 is 15.4 Å². The monoisotopic (exact) mass is 511 g/mol. The lowest BCUT2D eigenvalue weighted by molar-refractivity contribution is 0.465. The summed E-state index contributed by atoms with van der Waals surface area (Å²) in [5.41, 5.74) is 5.44. The molecule has 0 fully saturated rings. The van der Waals surface area contributed by atoms with Gasteiger partial charge in [0.05, 0.1) is 11.3 Å². The lowest BCUT2D eigenvalue weighted by Crippen LogP contribution is -2.00. The maximum atomic E-state index is 6.14. The first-order valence-corrected chi connectivity index (χ1v) is 12.5. The van der Waals surface area contributed by atoms with Gasteiger partial charge in [-0.3, -0.25) is 0 Å². The molecule has 6 aromatic rings. The molecule has 2 N–H and O–H groups in total. The molecule has 39 heavy (non-hydrogen) atoms. The van der Waals surface area contributed by atoms with Gasteiger partial charge in [0.25, 0.3) is 0 Å². The third-order valence-electron chi connectivity index (χ3n) is 6.24. The van der Waals surface area contributed by atoms with Crippen LogP contribution in [0.15, 0.2) is 103 Å². The summed E-state index contributed by atoms with van der Waals surface area (Å²) in [4.78, 5) is 13.1. The SMILES string of the molecule is CNc1nccc(-c2cccnc2Oc2ccc(Nc3nnc(-c4cccc(C)c4)c4ccccc34)cc2)n1. The van der Waals surface area contributed by atoms with Crippen LogP contribution in [0.25, 0.3) is 33.3 Å². The van der Waals surface area contributed by atoms with E-state index >= 15 is 0 Å². The normalized spacial score (nSPS) is 10.8. The largest absolute Gasteiger partial charge is 0.438 e. The Labute approximate surface area is 225 Å². The third-order valence-corrected chi connectivity index (χ3v) is 6.24. The van der Waals surface area contributed by atoms with Crippen molar-refractivity contribution in [2.24, 2.45) is 0 Å². The summed E-state index contributed by atoms with van der Waals surface area (Å²) in [6.07, 6.45) is 3.39. The number of hydrogen-bond donors (Lipinski definition) is 2. The topological polar surface area (TPSA) is 97.7 Å². The molecule has 0 spiro atoms. The van der Waals surface area contributed by atoms with E-state index in [0.29, 0.717) is 23.4 Å². The van der Waals surface area contributed by atoms with Crippen molar-refractivity contribution in [3.63, 3.8) is 0 Å². The van der Waals surface area contributed by atoms with E-state index in [0.717, 1.165) is 39.0 Å². The maximum Gasteiger partial charge on any atom is 0.228 e. The fraction of sp³-hybridized carbons (Fsp3) is 0.0645. The molecule has 8 nitrogen and oxygen atoms in total. The molecule has 6 rings (SSSR count). The van der Waals surface area contributed by atoms with E-state index in [1.54, 1.807) is 19.4 Å².